The van der Waals surface area contributed by atoms with Gasteiger partial charge in [0.15, 0.2) is 0 Å². The second-order valence-electron chi connectivity index (χ2n) is 4.47. The Bertz CT molecular complexity index is 229. The second kappa shape index (κ2) is 6.30. The number of hydrogen-bond acceptors (Lipinski definition) is 2. The highest BCUT2D eigenvalue weighted by Crippen LogP contribution is 2.29. The summed E-state index contributed by atoms with van der Waals surface area (Å²) in [5.74, 6) is -2.51. The van der Waals surface area contributed by atoms with Crippen molar-refractivity contribution in [3.05, 3.63) is 12.2 Å². The number of nitrogens with one attached hydrogen (secondary N) is 1. The molecular weight excluding hydrogens is 210 g/mol. The van der Waals surface area contributed by atoms with Gasteiger partial charge in [0.1, 0.15) is 0 Å². The minimum absolute atomic E-state index is 0.0139. The molecule has 0 aromatic rings. The predicted molar refractivity (Wildman–Crippen MR) is 62.9 cm³/mol. The van der Waals surface area contributed by atoms with Gasteiger partial charge in [-0.05, 0) is 33.4 Å². The second-order valence-corrected chi connectivity index (χ2v) is 4.47. The fraction of sp³-hybridized carbons (Fsp3) is 0.833. The molecular formula is C12H22F2N2. The SMILES string of the molecule is C/C=C/CCN(C)CCC1NCCC1(F)F. The first-order chi connectivity index (χ1) is 7.56. The predicted octanol–water partition coefficient (Wildman–Crippen LogP) is 2.27. The van der Waals surface area contributed by atoms with Crippen molar-refractivity contribution in [2.24, 2.45) is 0 Å². The molecule has 16 heavy (non-hydrogen) atoms. The van der Waals surface area contributed by atoms with Crippen molar-refractivity contribution in [3.8, 4) is 0 Å². The van der Waals surface area contributed by atoms with E-state index in [0.29, 0.717) is 13.0 Å². The monoisotopic (exact) mass is 232 g/mol. The summed E-state index contributed by atoms with van der Waals surface area (Å²) in [6, 6.07) is -0.628. The largest absolute Gasteiger partial charge is 0.308 e. The van der Waals surface area contributed by atoms with E-state index in [1.54, 1.807) is 0 Å². The summed E-state index contributed by atoms with van der Waals surface area (Å²) in [4.78, 5) is 2.11. The smallest absolute Gasteiger partial charge is 0.264 e. The van der Waals surface area contributed by atoms with Gasteiger partial charge in [0.25, 0.3) is 5.92 Å². The van der Waals surface area contributed by atoms with Crippen LogP contribution in [-0.4, -0.2) is 43.5 Å². The molecule has 0 aliphatic carbocycles. The van der Waals surface area contributed by atoms with Crippen LogP contribution in [-0.2, 0) is 0 Å². The van der Waals surface area contributed by atoms with Crippen LogP contribution in [0.15, 0.2) is 12.2 Å². The van der Waals surface area contributed by atoms with Crippen LogP contribution >= 0.6 is 0 Å². The first-order valence-electron chi connectivity index (χ1n) is 5.97. The lowest BCUT2D eigenvalue weighted by Crippen LogP contribution is -2.38. The molecule has 1 heterocycles. The topological polar surface area (TPSA) is 15.3 Å². The zero-order valence-electron chi connectivity index (χ0n) is 10.2. The normalized spacial score (nSPS) is 24.7. The van der Waals surface area contributed by atoms with Gasteiger partial charge in [-0.3, -0.25) is 0 Å². The minimum atomic E-state index is -2.51. The molecule has 0 spiro atoms. The van der Waals surface area contributed by atoms with Crippen molar-refractivity contribution in [2.45, 2.75) is 38.2 Å². The van der Waals surface area contributed by atoms with Crippen molar-refractivity contribution in [3.63, 3.8) is 0 Å². The molecule has 1 rings (SSSR count). The average molecular weight is 232 g/mol. The Labute approximate surface area is 96.7 Å². The number of hydrogen-bond donors (Lipinski definition) is 1. The van der Waals surface area contributed by atoms with Crippen molar-refractivity contribution in [2.75, 3.05) is 26.7 Å². The third kappa shape index (κ3) is 4.18. The van der Waals surface area contributed by atoms with Gasteiger partial charge in [0, 0.05) is 19.5 Å². The first kappa shape index (κ1) is 13.6. The number of rotatable bonds is 6. The van der Waals surface area contributed by atoms with Gasteiger partial charge in [0.2, 0.25) is 0 Å². The van der Waals surface area contributed by atoms with Crippen molar-refractivity contribution >= 4 is 0 Å². The molecule has 1 aliphatic rings. The van der Waals surface area contributed by atoms with Gasteiger partial charge >= 0.3 is 0 Å². The standard InChI is InChI=1S/C12H22F2N2/c1-3-4-5-9-16(2)10-6-11-12(13,14)7-8-15-11/h3-4,11,15H,5-10H2,1-2H3/b4-3+. The molecule has 0 amide bonds. The molecule has 1 N–H and O–H groups in total. The van der Waals surface area contributed by atoms with Gasteiger partial charge in [-0.2, -0.15) is 0 Å². The lowest BCUT2D eigenvalue weighted by atomic mass is 10.1. The van der Waals surface area contributed by atoms with E-state index in [2.05, 4.69) is 16.3 Å². The number of nitrogens with zero attached hydrogens (tertiary/aromatic N) is 1. The molecule has 0 saturated carbocycles. The summed E-state index contributed by atoms with van der Waals surface area (Å²) >= 11 is 0. The number of halogens is 2. The van der Waals surface area contributed by atoms with Crippen LogP contribution < -0.4 is 5.32 Å². The lowest BCUT2D eigenvalue weighted by molar-refractivity contribution is -0.0149. The van der Waals surface area contributed by atoms with E-state index < -0.39 is 12.0 Å². The van der Waals surface area contributed by atoms with Gasteiger partial charge < -0.3 is 10.2 Å². The van der Waals surface area contributed by atoms with E-state index in [9.17, 15) is 8.78 Å². The van der Waals surface area contributed by atoms with Crippen molar-refractivity contribution < 1.29 is 8.78 Å². The molecule has 1 fully saturated rings. The zero-order valence-corrected chi connectivity index (χ0v) is 10.2. The van der Waals surface area contributed by atoms with Crippen LogP contribution in [0.25, 0.3) is 0 Å². The molecule has 0 aromatic carbocycles. The van der Waals surface area contributed by atoms with Gasteiger partial charge in [0.05, 0.1) is 6.04 Å². The molecule has 0 bridgehead atoms. The third-order valence-electron chi connectivity index (χ3n) is 3.07. The van der Waals surface area contributed by atoms with Crippen LogP contribution in [0.3, 0.4) is 0 Å². The number of allylic oxidation sites excluding steroid dienone is 1. The van der Waals surface area contributed by atoms with E-state index in [1.165, 1.54) is 0 Å². The van der Waals surface area contributed by atoms with E-state index in [4.69, 9.17) is 0 Å². The Kier molecular flexibility index (Phi) is 5.35. The third-order valence-corrected chi connectivity index (χ3v) is 3.07. The van der Waals surface area contributed by atoms with Crippen LogP contribution in [0.5, 0.6) is 0 Å². The Balaban J connectivity index is 2.18. The maximum absolute atomic E-state index is 13.3. The maximum atomic E-state index is 13.3. The Morgan fingerprint density at radius 2 is 2.19 bits per heavy atom. The van der Waals surface area contributed by atoms with Gasteiger partial charge in [-0.25, -0.2) is 8.78 Å². The van der Waals surface area contributed by atoms with Crippen LogP contribution in [0.1, 0.15) is 26.2 Å². The van der Waals surface area contributed by atoms with Gasteiger partial charge in [-0.15, -0.1) is 0 Å². The van der Waals surface area contributed by atoms with E-state index in [-0.39, 0.29) is 6.42 Å². The molecule has 0 radical (unpaired) electrons. The molecule has 0 aromatic heterocycles. The maximum Gasteiger partial charge on any atom is 0.264 e. The van der Waals surface area contributed by atoms with Crippen LogP contribution in [0, 0.1) is 0 Å². The first-order valence-corrected chi connectivity index (χ1v) is 5.97. The fourth-order valence-corrected chi connectivity index (χ4v) is 1.97. The summed E-state index contributed by atoms with van der Waals surface area (Å²) < 4.78 is 26.5. The molecule has 1 saturated heterocycles. The zero-order chi connectivity index (χ0) is 12.0. The summed E-state index contributed by atoms with van der Waals surface area (Å²) in [6.45, 7) is 4.09. The highest BCUT2D eigenvalue weighted by atomic mass is 19.3. The average Bonchev–Trinajstić information content (AvgIpc) is 2.55. The van der Waals surface area contributed by atoms with Crippen LogP contribution in [0.4, 0.5) is 8.78 Å². The highest BCUT2D eigenvalue weighted by Gasteiger charge is 2.43. The summed E-state index contributed by atoms with van der Waals surface area (Å²) in [6.07, 6.45) is 5.61. The molecule has 1 atom stereocenters. The van der Waals surface area contributed by atoms with Crippen LogP contribution in [0.2, 0.25) is 0 Å². The molecule has 2 nitrogen and oxygen atoms in total. The Hall–Kier alpha value is -0.480. The highest BCUT2D eigenvalue weighted by molar-refractivity contribution is 4.90. The minimum Gasteiger partial charge on any atom is -0.308 e. The summed E-state index contributed by atoms with van der Waals surface area (Å²) in [7, 11) is 1.98. The molecule has 4 heteroatoms. The molecule has 1 unspecified atom stereocenters. The Morgan fingerprint density at radius 1 is 1.44 bits per heavy atom. The fourth-order valence-electron chi connectivity index (χ4n) is 1.97. The van der Waals surface area contributed by atoms with E-state index in [1.807, 2.05) is 20.0 Å². The van der Waals surface area contributed by atoms with Crippen molar-refractivity contribution in [1.29, 1.82) is 0 Å². The summed E-state index contributed by atoms with van der Waals surface area (Å²) in [5, 5.41) is 2.88. The molecule has 94 valence electrons. The van der Waals surface area contributed by atoms with Gasteiger partial charge in [-0.1, -0.05) is 12.2 Å². The summed E-state index contributed by atoms with van der Waals surface area (Å²) in [5.41, 5.74) is 0. The van der Waals surface area contributed by atoms with E-state index >= 15 is 0 Å². The Morgan fingerprint density at radius 3 is 2.75 bits per heavy atom. The lowest BCUT2D eigenvalue weighted by Gasteiger charge is -2.22. The quantitative estimate of drug-likeness (QED) is 0.707. The van der Waals surface area contributed by atoms with E-state index in [0.717, 1.165) is 19.5 Å². The van der Waals surface area contributed by atoms with Crippen molar-refractivity contribution in [1.82, 2.24) is 10.2 Å². The number of alkyl halides is 2. The molecule has 1 aliphatic heterocycles.